The van der Waals surface area contributed by atoms with Crippen molar-refractivity contribution < 1.29 is 9.47 Å². The summed E-state index contributed by atoms with van der Waals surface area (Å²) in [5, 5.41) is 0. The van der Waals surface area contributed by atoms with Crippen molar-refractivity contribution in [1.82, 2.24) is 0 Å². The minimum absolute atomic E-state index is 0.146. The highest BCUT2D eigenvalue weighted by Gasteiger charge is 2.32. The Morgan fingerprint density at radius 2 is 2.06 bits per heavy atom. The number of ether oxygens (including phenoxy) is 2. The van der Waals surface area contributed by atoms with Gasteiger partial charge in [-0.3, -0.25) is 0 Å². The van der Waals surface area contributed by atoms with Crippen LogP contribution in [-0.4, -0.2) is 19.8 Å². The molecular formula is C15H20O2. The Bertz CT molecular complexity index is 372. The molecule has 1 unspecified atom stereocenters. The molecule has 1 aliphatic heterocycles. The Labute approximate surface area is 103 Å². The molecule has 1 heterocycles. The highest BCUT2D eigenvalue weighted by atomic mass is 16.5. The summed E-state index contributed by atoms with van der Waals surface area (Å²) in [7, 11) is 1.74. The average Bonchev–Trinajstić information content (AvgIpc) is 2.39. The van der Waals surface area contributed by atoms with Gasteiger partial charge in [-0.05, 0) is 18.9 Å². The fraction of sp³-hybridized carbons (Fsp3) is 0.467. The Hall–Kier alpha value is -1.12. The smallest absolute Gasteiger partial charge is 0.0870 e. The van der Waals surface area contributed by atoms with Crippen LogP contribution in [0.25, 0.3) is 0 Å². The van der Waals surface area contributed by atoms with Crippen LogP contribution in [0.2, 0.25) is 0 Å². The van der Waals surface area contributed by atoms with Crippen LogP contribution in [0, 0.1) is 5.92 Å². The van der Waals surface area contributed by atoms with E-state index in [0.29, 0.717) is 12.5 Å². The molecule has 2 heteroatoms. The summed E-state index contributed by atoms with van der Waals surface area (Å²) in [6.45, 7) is 6.79. The van der Waals surface area contributed by atoms with Crippen LogP contribution >= 0.6 is 0 Å². The van der Waals surface area contributed by atoms with Gasteiger partial charge in [0, 0.05) is 13.0 Å². The van der Waals surface area contributed by atoms with Crippen molar-refractivity contribution in [2.24, 2.45) is 5.92 Å². The van der Waals surface area contributed by atoms with E-state index in [4.69, 9.17) is 9.47 Å². The number of hydrogen-bond donors (Lipinski definition) is 0. The fourth-order valence-electron chi connectivity index (χ4n) is 2.43. The monoisotopic (exact) mass is 232 g/mol. The summed E-state index contributed by atoms with van der Waals surface area (Å²) < 4.78 is 11.3. The SMILES string of the molecule is C=C(C)[C@H]1CC(c2ccccc2)OC[C@H]1OC. The van der Waals surface area contributed by atoms with Gasteiger partial charge in [-0.1, -0.05) is 42.5 Å². The van der Waals surface area contributed by atoms with E-state index in [1.54, 1.807) is 7.11 Å². The predicted molar refractivity (Wildman–Crippen MR) is 68.9 cm³/mol. The molecule has 2 rings (SSSR count). The van der Waals surface area contributed by atoms with Crippen molar-refractivity contribution in [1.29, 1.82) is 0 Å². The Kier molecular flexibility index (Phi) is 3.97. The fourth-order valence-corrected chi connectivity index (χ4v) is 2.43. The predicted octanol–water partition coefficient (Wildman–Crippen LogP) is 3.36. The first-order chi connectivity index (χ1) is 8.22. The zero-order valence-electron chi connectivity index (χ0n) is 10.6. The second-order valence-electron chi connectivity index (χ2n) is 4.70. The normalized spacial score (nSPS) is 28.9. The second kappa shape index (κ2) is 5.48. The van der Waals surface area contributed by atoms with Gasteiger partial charge in [-0.25, -0.2) is 0 Å². The molecule has 0 aromatic heterocycles. The Balaban J connectivity index is 2.11. The minimum Gasteiger partial charge on any atom is -0.378 e. The molecule has 1 aromatic rings. The van der Waals surface area contributed by atoms with Crippen LogP contribution in [0.4, 0.5) is 0 Å². The average molecular weight is 232 g/mol. The zero-order valence-corrected chi connectivity index (χ0v) is 10.6. The van der Waals surface area contributed by atoms with Gasteiger partial charge in [0.15, 0.2) is 0 Å². The first-order valence-electron chi connectivity index (χ1n) is 6.07. The van der Waals surface area contributed by atoms with Crippen LogP contribution < -0.4 is 0 Å². The summed E-state index contributed by atoms with van der Waals surface area (Å²) in [5.41, 5.74) is 2.43. The maximum Gasteiger partial charge on any atom is 0.0870 e. The van der Waals surface area contributed by atoms with E-state index in [-0.39, 0.29) is 12.2 Å². The van der Waals surface area contributed by atoms with Gasteiger partial charge in [0.05, 0.1) is 18.8 Å². The highest BCUT2D eigenvalue weighted by molar-refractivity contribution is 5.19. The Morgan fingerprint density at radius 1 is 1.35 bits per heavy atom. The van der Waals surface area contributed by atoms with Crippen LogP contribution in [0.3, 0.4) is 0 Å². The molecule has 92 valence electrons. The lowest BCUT2D eigenvalue weighted by Gasteiger charge is -2.36. The van der Waals surface area contributed by atoms with Crippen LogP contribution in [0.15, 0.2) is 42.5 Å². The van der Waals surface area contributed by atoms with Crippen LogP contribution in [0.5, 0.6) is 0 Å². The van der Waals surface area contributed by atoms with Crippen LogP contribution in [0.1, 0.15) is 25.0 Å². The summed E-state index contributed by atoms with van der Waals surface area (Å²) in [4.78, 5) is 0. The van der Waals surface area contributed by atoms with Crippen molar-refractivity contribution in [2.45, 2.75) is 25.6 Å². The van der Waals surface area contributed by atoms with E-state index in [1.165, 1.54) is 11.1 Å². The molecule has 1 aromatic carbocycles. The maximum atomic E-state index is 5.88. The molecular weight excluding hydrogens is 212 g/mol. The van der Waals surface area contributed by atoms with Gasteiger partial charge in [0.2, 0.25) is 0 Å². The molecule has 17 heavy (non-hydrogen) atoms. The summed E-state index contributed by atoms with van der Waals surface area (Å²) in [5.74, 6) is 0.388. The van der Waals surface area contributed by atoms with Gasteiger partial charge in [-0.15, -0.1) is 0 Å². The lowest BCUT2D eigenvalue weighted by molar-refractivity contribution is -0.0959. The first kappa shape index (κ1) is 12.3. The van der Waals surface area contributed by atoms with Crippen molar-refractivity contribution >= 4 is 0 Å². The van der Waals surface area contributed by atoms with E-state index < -0.39 is 0 Å². The van der Waals surface area contributed by atoms with Gasteiger partial charge in [0.25, 0.3) is 0 Å². The lowest BCUT2D eigenvalue weighted by Crippen LogP contribution is -2.35. The summed E-state index contributed by atoms with van der Waals surface area (Å²) in [6.07, 6.45) is 1.27. The molecule has 1 saturated heterocycles. The molecule has 0 bridgehead atoms. The third-order valence-electron chi connectivity index (χ3n) is 3.49. The molecule has 1 aliphatic rings. The standard InChI is InChI=1S/C15H20O2/c1-11(2)13-9-14(17-10-15(13)16-3)12-7-5-4-6-8-12/h4-8,13-15H,1,9-10H2,2-3H3/t13-,14?,15-/m1/s1. The van der Waals surface area contributed by atoms with E-state index in [0.717, 1.165) is 6.42 Å². The molecule has 0 aliphatic carbocycles. The van der Waals surface area contributed by atoms with E-state index in [9.17, 15) is 0 Å². The topological polar surface area (TPSA) is 18.5 Å². The molecule has 0 radical (unpaired) electrons. The van der Waals surface area contributed by atoms with Crippen molar-refractivity contribution in [3.63, 3.8) is 0 Å². The van der Waals surface area contributed by atoms with E-state index >= 15 is 0 Å². The molecule has 0 amide bonds. The molecule has 3 atom stereocenters. The highest BCUT2D eigenvalue weighted by Crippen LogP contribution is 2.35. The molecule has 0 N–H and O–H groups in total. The number of hydrogen-bond acceptors (Lipinski definition) is 2. The van der Waals surface area contributed by atoms with Crippen molar-refractivity contribution in [3.05, 3.63) is 48.0 Å². The molecule has 1 fully saturated rings. The maximum absolute atomic E-state index is 5.88. The van der Waals surface area contributed by atoms with Gasteiger partial charge < -0.3 is 9.47 Å². The first-order valence-corrected chi connectivity index (χ1v) is 6.07. The summed E-state index contributed by atoms with van der Waals surface area (Å²) in [6, 6.07) is 10.4. The molecule has 0 saturated carbocycles. The third-order valence-corrected chi connectivity index (χ3v) is 3.49. The molecule has 2 nitrogen and oxygen atoms in total. The zero-order chi connectivity index (χ0) is 12.3. The second-order valence-corrected chi connectivity index (χ2v) is 4.70. The van der Waals surface area contributed by atoms with Crippen molar-refractivity contribution in [2.75, 3.05) is 13.7 Å². The van der Waals surface area contributed by atoms with Gasteiger partial charge in [0.1, 0.15) is 0 Å². The largest absolute Gasteiger partial charge is 0.378 e. The van der Waals surface area contributed by atoms with Crippen molar-refractivity contribution in [3.8, 4) is 0 Å². The van der Waals surface area contributed by atoms with Gasteiger partial charge >= 0.3 is 0 Å². The Morgan fingerprint density at radius 3 is 2.65 bits per heavy atom. The summed E-state index contributed by atoms with van der Waals surface area (Å²) >= 11 is 0. The van der Waals surface area contributed by atoms with E-state index in [1.807, 2.05) is 6.07 Å². The third kappa shape index (κ3) is 2.76. The lowest BCUT2D eigenvalue weighted by atomic mass is 9.85. The number of methoxy groups -OCH3 is 1. The van der Waals surface area contributed by atoms with Gasteiger partial charge in [-0.2, -0.15) is 0 Å². The number of benzene rings is 1. The number of rotatable bonds is 3. The van der Waals surface area contributed by atoms with Crippen LogP contribution in [-0.2, 0) is 9.47 Å². The quantitative estimate of drug-likeness (QED) is 0.744. The van der Waals surface area contributed by atoms with E-state index in [2.05, 4.69) is 37.8 Å². The molecule has 0 spiro atoms. The minimum atomic E-state index is 0.146.